The standard InChI is InChI=1S/C6H3F3IN3O5S/c7-6(8,9)18-5-3(10)4(13(14)15)2(1-12-5)19(11,16)17/h1H,(H2,11,16,17). The van der Waals surface area contributed by atoms with Gasteiger partial charge in [-0.2, -0.15) is 0 Å². The maximum atomic E-state index is 12.0. The Morgan fingerprint density at radius 1 is 1.47 bits per heavy atom. The number of nitro groups is 1. The third-order valence-electron chi connectivity index (χ3n) is 1.63. The highest BCUT2D eigenvalue weighted by Gasteiger charge is 2.36. The van der Waals surface area contributed by atoms with Gasteiger partial charge in [0.1, 0.15) is 0 Å². The average Bonchev–Trinajstić information content (AvgIpc) is 2.16. The SMILES string of the molecule is NS(=O)(=O)c1cnc(OC(F)(F)F)c(I)c1[N+](=O)[O-]. The van der Waals surface area contributed by atoms with Gasteiger partial charge in [-0.3, -0.25) is 10.1 Å². The number of hydrogen-bond donors (Lipinski definition) is 1. The number of primary sulfonamides is 1. The fourth-order valence-corrected chi connectivity index (χ4v) is 2.57. The molecular weight excluding hydrogens is 410 g/mol. The first-order valence-corrected chi connectivity index (χ1v) is 6.67. The number of sulfonamides is 1. The Balaban J connectivity index is 3.54. The van der Waals surface area contributed by atoms with Crippen LogP contribution < -0.4 is 9.88 Å². The number of hydrogen-bond acceptors (Lipinski definition) is 6. The van der Waals surface area contributed by atoms with Crippen LogP contribution in [0.25, 0.3) is 0 Å². The molecule has 0 fully saturated rings. The number of alkyl halides is 3. The van der Waals surface area contributed by atoms with E-state index in [2.05, 4.69) is 9.72 Å². The summed E-state index contributed by atoms with van der Waals surface area (Å²) in [6.45, 7) is 0. The minimum Gasteiger partial charge on any atom is -0.386 e. The molecule has 0 amide bonds. The van der Waals surface area contributed by atoms with Gasteiger partial charge in [-0.25, -0.2) is 18.5 Å². The van der Waals surface area contributed by atoms with E-state index in [-0.39, 0.29) is 0 Å². The lowest BCUT2D eigenvalue weighted by Crippen LogP contribution is -2.20. The number of nitrogens with two attached hydrogens (primary N) is 1. The zero-order valence-corrected chi connectivity index (χ0v) is 11.5. The normalized spacial score (nSPS) is 12.3. The van der Waals surface area contributed by atoms with Crippen LogP contribution in [0.1, 0.15) is 0 Å². The van der Waals surface area contributed by atoms with Crippen molar-refractivity contribution in [2.75, 3.05) is 0 Å². The molecule has 2 N–H and O–H groups in total. The Morgan fingerprint density at radius 3 is 2.37 bits per heavy atom. The molecule has 0 aliphatic carbocycles. The van der Waals surface area contributed by atoms with Gasteiger partial charge in [0.05, 0.1) is 11.1 Å². The quantitative estimate of drug-likeness (QED) is 0.450. The summed E-state index contributed by atoms with van der Waals surface area (Å²) in [5.74, 6) is -1.13. The Kier molecular flexibility index (Phi) is 4.20. The monoisotopic (exact) mass is 413 g/mol. The summed E-state index contributed by atoms with van der Waals surface area (Å²) in [6.07, 6.45) is -4.79. The molecule has 0 radical (unpaired) electrons. The van der Waals surface area contributed by atoms with Gasteiger partial charge < -0.3 is 4.74 Å². The molecule has 13 heteroatoms. The van der Waals surface area contributed by atoms with Crippen molar-refractivity contribution in [3.05, 3.63) is 19.9 Å². The molecule has 0 unspecified atom stereocenters. The Labute approximate surface area is 117 Å². The van der Waals surface area contributed by atoms with E-state index in [1.54, 1.807) is 0 Å². The molecule has 1 heterocycles. The van der Waals surface area contributed by atoms with E-state index < -0.39 is 41.3 Å². The molecule has 19 heavy (non-hydrogen) atoms. The van der Waals surface area contributed by atoms with E-state index in [0.29, 0.717) is 6.20 Å². The lowest BCUT2D eigenvalue weighted by Gasteiger charge is -2.10. The summed E-state index contributed by atoms with van der Waals surface area (Å²) < 4.78 is 60.9. The van der Waals surface area contributed by atoms with Gasteiger partial charge >= 0.3 is 12.0 Å². The lowest BCUT2D eigenvalue weighted by atomic mass is 10.4. The molecule has 0 aliphatic rings. The third kappa shape index (κ3) is 3.87. The van der Waals surface area contributed by atoms with Crippen molar-refractivity contribution in [3.63, 3.8) is 0 Å². The number of pyridine rings is 1. The molecule has 1 aromatic rings. The van der Waals surface area contributed by atoms with Gasteiger partial charge in [0.25, 0.3) is 0 Å². The minimum absolute atomic E-state index is 0.330. The van der Waals surface area contributed by atoms with Gasteiger partial charge in [0.15, 0.2) is 8.47 Å². The fourth-order valence-electron chi connectivity index (χ4n) is 1.00. The highest BCUT2D eigenvalue weighted by Crippen LogP contribution is 2.35. The van der Waals surface area contributed by atoms with E-state index in [4.69, 9.17) is 5.14 Å². The number of aromatic nitrogens is 1. The van der Waals surface area contributed by atoms with Crippen molar-refractivity contribution >= 4 is 38.3 Å². The summed E-state index contributed by atoms with van der Waals surface area (Å²) in [7, 11) is -4.51. The van der Waals surface area contributed by atoms with Crippen molar-refractivity contribution in [1.29, 1.82) is 0 Å². The zero-order chi connectivity index (χ0) is 15.0. The number of ether oxygens (including phenoxy) is 1. The molecule has 0 aliphatic heterocycles. The first-order chi connectivity index (χ1) is 8.43. The maximum Gasteiger partial charge on any atom is 0.574 e. The van der Waals surface area contributed by atoms with Crippen molar-refractivity contribution in [1.82, 2.24) is 4.98 Å². The molecule has 8 nitrogen and oxygen atoms in total. The number of rotatable bonds is 3. The Morgan fingerprint density at radius 2 is 2.00 bits per heavy atom. The highest BCUT2D eigenvalue weighted by molar-refractivity contribution is 14.1. The van der Waals surface area contributed by atoms with Crippen LogP contribution >= 0.6 is 22.6 Å². The molecule has 0 aromatic carbocycles. The van der Waals surface area contributed by atoms with Gasteiger partial charge in [0, 0.05) is 0 Å². The Bertz CT molecular complexity index is 632. The molecule has 0 atom stereocenters. The molecule has 1 aromatic heterocycles. The second kappa shape index (κ2) is 5.04. The van der Waals surface area contributed by atoms with Gasteiger partial charge in [0.2, 0.25) is 15.9 Å². The maximum absolute atomic E-state index is 12.0. The van der Waals surface area contributed by atoms with Gasteiger partial charge in [-0.05, 0) is 22.6 Å². The molecule has 1 rings (SSSR count). The highest BCUT2D eigenvalue weighted by atomic mass is 127. The molecule has 0 saturated carbocycles. The van der Waals surface area contributed by atoms with E-state index in [0.717, 1.165) is 22.6 Å². The molecule has 106 valence electrons. The summed E-state index contributed by atoms with van der Waals surface area (Å²) in [5, 5.41) is 15.4. The predicted octanol–water partition coefficient (Wildman–Crippen LogP) is 1.14. The van der Waals surface area contributed by atoms with Crippen LogP contribution in [-0.4, -0.2) is 24.7 Å². The smallest absolute Gasteiger partial charge is 0.386 e. The Hall–Kier alpha value is -1.22. The van der Waals surface area contributed by atoms with Crippen LogP contribution in [0.3, 0.4) is 0 Å². The van der Waals surface area contributed by atoms with E-state index in [1.807, 2.05) is 0 Å². The first-order valence-electron chi connectivity index (χ1n) is 4.05. The van der Waals surface area contributed by atoms with Crippen LogP contribution in [0.15, 0.2) is 11.1 Å². The summed E-state index contributed by atoms with van der Waals surface area (Å²) in [4.78, 5) is 11.6. The molecule has 0 bridgehead atoms. The summed E-state index contributed by atoms with van der Waals surface area (Å²) in [5.41, 5.74) is -1.13. The number of nitrogens with zero attached hydrogens (tertiary/aromatic N) is 2. The second-order valence-corrected chi connectivity index (χ2v) is 5.55. The largest absolute Gasteiger partial charge is 0.574 e. The third-order valence-corrected chi connectivity index (χ3v) is 3.51. The van der Waals surface area contributed by atoms with Crippen LogP contribution in [0.4, 0.5) is 18.9 Å². The lowest BCUT2D eigenvalue weighted by molar-refractivity contribution is -0.389. The number of halogens is 4. The van der Waals surface area contributed by atoms with Crippen molar-refractivity contribution in [3.8, 4) is 5.88 Å². The van der Waals surface area contributed by atoms with Crippen LogP contribution in [0.5, 0.6) is 5.88 Å². The average molecular weight is 413 g/mol. The van der Waals surface area contributed by atoms with Crippen molar-refractivity contribution < 1.29 is 31.2 Å². The second-order valence-electron chi connectivity index (χ2n) is 2.94. The predicted molar refractivity (Wildman–Crippen MR) is 61.7 cm³/mol. The summed E-state index contributed by atoms with van der Waals surface area (Å²) in [6, 6.07) is 0. The van der Waals surface area contributed by atoms with Crippen LogP contribution in [-0.2, 0) is 10.0 Å². The molecule has 0 spiro atoms. The molecular formula is C6H3F3IN3O5S. The first kappa shape index (κ1) is 15.8. The van der Waals surface area contributed by atoms with E-state index in [1.165, 1.54) is 0 Å². The van der Waals surface area contributed by atoms with Crippen LogP contribution in [0, 0.1) is 13.7 Å². The zero-order valence-electron chi connectivity index (χ0n) is 8.51. The minimum atomic E-state index is -5.12. The van der Waals surface area contributed by atoms with Crippen molar-refractivity contribution in [2.24, 2.45) is 5.14 Å². The van der Waals surface area contributed by atoms with Gasteiger partial charge in [-0.15, -0.1) is 13.2 Å². The van der Waals surface area contributed by atoms with E-state index >= 15 is 0 Å². The van der Waals surface area contributed by atoms with E-state index in [9.17, 15) is 31.7 Å². The topological polar surface area (TPSA) is 125 Å². The van der Waals surface area contributed by atoms with Crippen molar-refractivity contribution in [2.45, 2.75) is 11.3 Å². The summed E-state index contributed by atoms with van der Waals surface area (Å²) >= 11 is 1.11. The fraction of sp³-hybridized carbons (Fsp3) is 0.167. The van der Waals surface area contributed by atoms with Gasteiger partial charge in [-0.1, -0.05) is 0 Å². The molecule has 0 saturated heterocycles. The van der Waals surface area contributed by atoms with Crippen LogP contribution in [0.2, 0.25) is 0 Å².